The van der Waals surface area contributed by atoms with Crippen LogP contribution in [0.3, 0.4) is 0 Å². The van der Waals surface area contributed by atoms with Crippen LogP contribution in [-0.4, -0.2) is 17.3 Å². The fraction of sp³-hybridized carbons (Fsp3) is 0. The second kappa shape index (κ2) is 5.83. The standard InChI is InChI=1S/C12H8N4O2/c13-5-10(15)11(6-14)16-7-8-1-3-9(4-2-8)12(17)18/h1-4,7H,15H2,(H,17,18)/b11-10+,16-7+. The number of hydrogen-bond donors (Lipinski definition) is 2. The number of hydrogen-bond acceptors (Lipinski definition) is 5. The number of carboxylic acid groups (broad SMARTS) is 1. The third kappa shape index (κ3) is 3.19. The number of nitriles is 2. The summed E-state index contributed by atoms with van der Waals surface area (Å²) in [5, 5.41) is 25.9. The van der Waals surface area contributed by atoms with Gasteiger partial charge in [-0.3, -0.25) is 0 Å². The molecule has 0 heterocycles. The van der Waals surface area contributed by atoms with Gasteiger partial charge in [0.05, 0.1) is 5.56 Å². The van der Waals surface area contributed by atoms with Crippen LogP contribution in [0.1, 0.15) is 15.9 Å². The van der Waals surface area contributed by atoms with Crippen molar-refractivity contribution in [3.05, 3.63) is 46.8 Å². The van der Waals surface area contributed by atoms with Gasteiger partial charge in [-0.1, -0.05) is 12.1 Å². The average Bonchev–Trinajstić information content (AvgIpc) is 2.39. The van der Waals surface area contributed by atoms with Crippen molar-refractivity contribution in [3.63, 3.8) is 0 Å². The molecule has 0 aliphatic carbocycles. The van der Waals surface area contributed by atoms with E-state index in [1.165, 1.54) is 30.5 Å². The lowest BCUT2D eigenvalue weighted by Gasteiger charge is -1.95. The molecule has 0 spiro atoms. The lowest BCUT2D eigenvalue weighted by atomic mass is 10.1. The Morgan fingerprint density at radius 2 is 1.89 bits per heavy atom. The van der Waals surface area contributed by atoms with Gasteiger partial charge in [-0.25, -0.2) is 9.79 Å². The number of aromatic carboxylic acids is 1. The predicted octanol–water partition coefficient (Wildman–Crippen LogP) is 1.02. The Morgan fingerprint density at radius 1 is 1.28 bits per heavy atom. The van der Waals surface area contributed by atoms with Crippen LogP contribution in [0, 0.1) is 22.7 Å². The van der Waals surface area contributed by atoms with Gasteiger partial charge in [0.15, 0.2) is 5.70 Å². The Balaban J connectivity index is 2.96. The highest BCUT2D eigenvalue weighted by molar-refractivity contribution is 5.89. The summed E-state index contributed by atoms with van der Waals surface area (Å²) >= 11 is 0. The van der Waals surface area contributed by atoms with Gasteiger partial charge in [-0.15, -0.1) is 0 Å². The van der Waals surface area contributed by atoms with Gasteiger partial charge >= 0.3 is 5.97 Å². The average molecular weight is 240 g/mol. The van der Waals surface area contributed by atoms with E-state index in [1.807, 2.05) is 0 Å². The third-order valence-corrected chi connectivity index (χ3v) is 1.98. The molecule has 0 bridgehead atoms. The third-order valence-electron chi connectivity index (χ3n) is 1.98. The van der Waals surface area contributed by atoms with Gasteiger partial charge in [-0.2, -0.15) is 10.5 Å². The highest BCUT2D eigenvalue weighted by Crippen LogP contribution is 2.04. The van der Waals surface area contributed by atoms with Crippen molar-refractivity contribution in [3.8, 4) is 12.1 Å². The molecule has 0 saturated carbocycles. The van der Waals surface area contributed by atoms with Gasteiger partial charge in [0.25, 0.3) is 0 Å². The summed E-state index contributed by atoms with van der Waals surface area (Å²) in [5.41, 5.74) is 5.56. The maximum absolute atomic E-state index is 10.6. The van der Waals surface area contributed by atoms with Gasteiger partial charge in [0.1, 0.15) is 17.8 Å². The van der Waals surface area contributed by atoms with E-state index in [1.54, 1.807) is 12.1 Å². The fourth-order valence-corrected chi connectivity index (χ4v) is 1.06. The first-order chi connectivity index (χ1) is 8.58. The van der Waals surface area contributed by atoms with E-state index in [2.05, 4.69) is 4.99 Å². The fourth-order valence-electron chi connectivity index (χ4n) is 1.06. The number of nitrogens with two attached hydrogens (primary N) is 1. The highest BCUT2D eigenvalue weighted by atomic mass is 16.4. The van der Waals surface area contributed by atoms with Gasteiger partial charge in [0.2, 0.25) is 0 Å². The molecule has 1 rings (SSSR count). The Kier molecular flexibility index (Phi) is 4.19. The molecule has 3 N–H and O–H groups in total. The summed E-state index contributed by atoms with van der Waals surface area (Å²) < 4.78 is 0. The van der Waals surface area contributed by atoms with Gasteiger partial charge in [0, 0.05) is 6.21 Å². The van der Waals surface area contributed by atoms with E-state index >= 15 is 0 Å². The molecule has 88 valence electrons. The quantitative estimate of drug-likeness (QED) is 0.603. The number of rotatable bonds is 3. The predicted molar refractivity (Wildman–Crippen MR) is 63.4 cm³/mol. The Morgan fingerprint density at radius 3 is 2.33 bits per heavy atom. The topological polar surface area (TPSA) is 123 Å². The Hall–Kier alpha value is -3.12. The van der Waals surface area contributed by atoms with E-state index in [-0.39, 0.29) is 17.0 Å². The van der Waals surface area contributed by atoms with Crippen molar-refractivity contribution in [1.29, 1.82) is 10.5 Å². The summed E-state index contributed by atoms with van der Waals surface area (Å²) in [6.07, 6.45) is 1.33. The smallest absolute Gasteiger partial charge is 0.335 e. The lowest BCUT2D eigenvalue weighted by Crippen LogP contribution is -1.98. The zero-order valence-corrected chi connectivity index (χ0v) is 9.16. The number of carboxylic acids is 1. The van der Waals surface area contributed by atoms with Crippen molar-refractivity contribution < 1.29 is 9.90 Å². The van der Waals surface area contributed by atoms with Crippen molar-refractivity contribution in [2.75, 3.05) is 0 Å². The number of aliphatic imine (C=N–C) groups is 1. The lowest BCUT2D eigenvalue weighted by molar-refractivity contribution is 0.0697. The van der Waals surface area contributed by atoms with E-state index in [9.17, 15) is 4.79 Å². The summed E-state index contributed by atoms with van der Waals surface area (Å²) in [6, 6.07) is 9.20. The highest BCUT2D eigenvalue weighted by Gasteiger charge is 2.01. The van der Waals surface area contributed by atoms with Crippen molar-refractivity contribution in [1.82, 2.24) is 0 Å². The number of allylic oxidation sites excluding steroid dienone is 2. The van der Waals surface area contributed by atoms with Crippen LogP contribution < -0.4 is 5.73 Å². The van der Waals surface area contributed by atoms with Gasteiger partial charge < -0.3 is 10.8 Å². The van der Waals surface area contributed by atoms with Crippen LogP contribution in [0.4, 0.5) is 0 Å². The molecule has 0 amide bonds. The minimum atomic E-state index is -1.02. The first-order valence-electron chi connectivity index (χ1n) is 4.76. The number of benzene rings is 1. The summed E-state index contributed by atoms with van der Waals surface area (Å²) in [5.74, 6) is -1.02. The first-order valence-corrected chi connectivity index (χ1v) is 4.76. The summed E-state index contributed by atoms with van der Waals surface area (Å²) in [7, 11) is 0. The van der Waals surface area contributed by atoms with Crippen molar-refractivity contribution in [2.45, 2.75) is 0 Å². The Bertz CT molecular complexity index is 600. The van der Waals surface area contributed by atoms with Crippen molar-refractivity contribution >= 4 is 12.2 Å². The first kappa shape index (κ1) is 12.9. The second-order valence-corrected chi connectivity index (χ2v) is 3.17. The van der Waals surface area contributed by atoms with Crippen LogP contribution in [0.5, 0.6) is 0 Å². The molecule has 1 aromatic carbocycles. The molecule has 0 fully saturated rings. The molecule has 0 aliphatic heterocycles. The van der Waals surface area contributed by atoms with Crippen LogP contribution in [0.25, 0.3) is 0 Å². The zero-order valence-electron chi connectivity index (χ0n) is 9.16. The normalized spacial score (nSPS) is 11.4. The molecule has 0 unspecified atom stereocenters. The van der Waals surface area contributed by atoms with Crippen LogP contribution in [0.15, 0.2) is 40.7 Å². The second-order valence-electron chi connectivity index (χ2n) is 3.17. The maximum atomic E-state index is 10.6. The monoisotopic (exact) mass is 240 g/mol. The number of nitrogens with zero attached hydrogens (tertiary/aromatic N) is 3. The molecular weight excluding hydrogens is 232 g/mol. The Labute approximate surface area is 103 Å². The van der Waals surface area contributed by atoms with Crippen LogP contribution in [0.2, 0.25) is 0 Å². The van der Waals surface area contributed by atoms with Crippen LogP contribution >= 0.6 is 0 Å². The number of carbonyl (C=O) groups is 1. The molecule has 0 aliphatic rings. The molecule has 0 saturated heterocycles. The molecule has 6 heteroatoms. The maximum Gasteiger partial charge on any atom is 0.335 e. The van der Waals surface area contributed by atoms with E-state index in [4.69, 9.17) is 21.4 Å². The van der Waals surface area contributed by atoms with Crippen molar-refractivity contribution in [2.24, 2.45) is 10.7 Å². The summed E-state index contributed by atoms with van der Waals surface area (Å²) in [4.78, 5) is 14.4. The molecule has 6 nitrogen and oxygen atoms in total. The molecule has 1 aromatic rings. The van der Waals surface area contributed by atoms with E-state index < -0.39 is 5.97 Å². The molecule has 0 aromatic heterocycles. The molecule has 0 atom stereocenters. The minimum absolute atomic E-state index is 0.153. The zero-order chi connectivity index (χ0) is 13.5. The molecule has 0 radical (unpaired) electrons. The minimum Gasteiger partial charge on any atom is -0.478 e. The van der Waals surface area contributed by atoms with Crippen LogP contribution in [-0.2, 0) is 0 Å². The molecular formula is C12H8N4O2. The van der Waals surface area contributed by atoms with Gasteiger partial charge in [-0.05, 0) is 17.7 Å². The summed E-state index contributed by atoms with van der Waals surface area (Å²) in [6.45, 7) is 0. The SMILES string of the molecule is N#C/C(N)=C(C#N)\N=C\c1ccc(C(=O)O)cc1. The molecule has 18 heavy (non-hydrogen) atoms. The largest absolute Gasteiger partial charge is 0.478 e. The van der Waals surface area contributed by atoms with E-state index in [0.29, 0.717) is 5.56 Å². The van der Waals surface area contributed by atoms with E-state index in [0.717, 1.165) is 0 Å².